The van der Waals surface area contributed by atoms with Crippen LogP contribution in [0.5, 0.6) is 0 Å². The Kier molecular flexibility index (Phi) is 6.73. The van der Waals surface area contributed by atoms with Gasteiger partial charge in [-0.3, -0.25) is 9.59 Å². The molecule has 0 spiro atoms. The Labute approximate surface area is 119 Å². The first-order chi connectivity index (χ1) is 9.54. The highest BCUT2D eigenvalue weighted by atomic mass is 16.4. The smallest absolute Gasteiger partial charge is 0.303 e. The molecule has 1 aromatic rings. The maximum absolute atomic E-state index is 12.0. The molecule has 0 bridgehead atoms. The number of carbonyl (C=O) groups is 2. The van der Waals surface area contributed by atoms with Crippen molar-refractivity contribution < 1.29 is 14.7 Å². The molecule has 4 N–H and O–H groups in total. The standard InChI is InChI=1S/C15H22N2O3/c1-2-3-7-12(16)15(20)17-13-8-5-4-6-11(13)9-10-14(18)19/h4-6,8,12H,2-3,7,9-10,16H2,1H3,(H,17,20)(H,18,19). The number of benzene rings is 1. The van der Waals surface area contributed by atoms with Crippen LogP contribution in [0.15, 0.2) is 24.3 Å². The van der Waals surface area contributed by atoms with Gasteiger partial charge in [0.1, 0.15) is 0 Å². The Morgan fingerprint density at radius 2 is 2.05 bits per heavy atom. The first kappa shape index (κ1) is 16.2. The van der Waals surface area contributed by atoms with Crippen LogP contribution in [0.2, 0.25) is 0 Å². The van der Waals surface area contributed by atoms with Crippen molar-refractivity contribution in [3.63, 3.8) is 0 Å². The van der Waals surface area contributed by atoms with Crippen LogP contribution in [0.25, 0.3) is 0 Å². The number of aryl methyl sites for hydroxylation is 1. The molecule has 0 aromatic heterocycles. The van der Waals surface area contributed by atoms with Crippen LogP contribution in [0.4, 0.5) is 5.69 Å². The predicted octanol–water partition coefficient (Wildman–Crippen LogP) is 2.16. The number of para-hydroxylation sites is 1. The zero-order chi connectivity index (χ0) is 15.0. The zero-order valence-electron chi connectivity index (χ0n) is 11.8. The van der Waals surface area contributed by atoms with Gasteiger partial charge >= 0.3 is 5.97 Å². The van der Waals surface area contributed by atoms with E-state index in [4.69, 9.17) is 10.8 Å². The highest BCUT2D eigenvalue weighted by Gasteiger charge is 2.14. The van der Waals surface area contributed by atoms with E-state index in [9.17, 15) is 9.59 Å². The Balaban J connectivity index is 2.66. The second-order valence-corrected chi connectivity index (χ2v) is 4.79. The van der Waals surface area contributed by atoms with E-state index in [-0.39, 0.29) is 12.3 Å². The third-order valence-corrected chi connectivity index (χ3v) is 3.09. The van der Waals surface area contributed by atoms with Crippen LogP contribution in [0.1, 0.15) is 38.2 Å². The lowest BCUT2D eigenvalue weighted by Gasteiger charge is -2.14. The maximum Gasteiger partial charge on any atom is 0.303 e. The molecule has 5 nitrogen and oxygen atoms in total. The van der Waals surface area contributed by atoms with Crippen molar-refractivity contribution >= 4 is 17.6 Å². The lowest BCUT2D eigenvalue weighted by atomic mass is 10.1. The molecule has 0 aliphatic carbocycles. The van der Waals surface area contributed by atoms with Crippen LogP contribution in [-0.2, 0) is 16.0 Å². The Bertz CT molecular complexity index is 460. The van der Waals surface area contributed by atoms with Gasteiger partial charge in [-0.05, 0) is 24.5 Å². The van der Waals surface area contributed by atoms with E-state index in [1.807, 2.05) is 19.1 Å². The van der Waals surface area contributed by atoms with Crippen molar-refractivity contribution in [1.29, 1.82) is 0 Å². The van der Waals surface area contributed by atoms with Crippen LogP contribution in [0, 0.1) is 0 Å². The fourth-order valence-electron chi connectivity index (χ4n) is 1.88. The number of nitrogens with one attached hydrogen (secondary N) is 1. The van der Waals surface area contributed by atoms with Gasteiger partial charge in [0.2, 0.25) is 5.91 Å². The summed E-state index contributed by atoms with van der Waals surface area (Å²) in [5.74, 6) is -1.08. The number of carboxylic acids is 1. The van der Waals surface area contributed by atoms with Gasteiger partial charge in [0, 0.05) is 12.1 Å². The average Bonchev–Trinajstić information content (AvgIpc) is 2.43. The number of carbonyl (C=O) groups excluding carboxylic acids is 1. The number of anilines is 1. The van der Waals surface area contributed by atoms with Crippen LogP contribution in [0.3, 0.4) is 0 Å². The average molecular weight is 278 g/mol. The van der Waals surface area contributed by atoms with Crippen molar-refractivity contribution in [2.24, 2.45) is 5.73 Å². The summed E-state index contributed by atoms with van der Waals surface area (Å²) < 4.78 is 0. The van der Waals surface area contributed by atoms with E-state index >= 15 is 0 Å². The molecular weight excluding hydrogens is 256 g/mol. The van der Waals surface area contributed by atoms with Gasteiger partial charge in [-0.1, -0.05) is 38.0 Å². The molecule has 1 rings (SSSR count). The second kappa shape index (κ2) is 8.32. The predicted molar refractivity (Wildman–Crippen MR) is 78.5 cm³/mol. The number of rotatable bonds is 8. The van der Waals surface area contributed by atoms with Crippen molar-refractivity contribution in [2.75, 3.05) is 5.32 Å². The van der Waals surface area contributed by atoms with Gasteiger partial charge in [-0.2, -0.15) is 0 Å². The summed E-state index contributed by atoms with van der Waals surface area (Å²) >= 11 is 0. The van der Waals surface area contributed by atoms with Crippen molar-refractivity contribution in [3.05, 3.63) is 29.8 Å². The maximum atomic E-state index is 12.0. The minimum Gasteiger partial charge on any atom is -0.481 e. The number of aliphatic carboxylic acids is 1. The van der Waals surface area contributed by atoms with Crippen molar-refractivity contribution in [2.45, 2.75) is 45.1 Å². The first-order valence-corrected chi connectivity index (χ1v) is 6.90. The van der Waals surface area contributed by atoms with Crippen LogP contribution >= 0.6 is 0 Å². The summed E-state index contributed by atoms with van der Waals surface area (Å²) in [4.78, 5) is 22.6. The number of amides is 1. The summed E-state index contributed by atoms with van der Waals surface area (Å²) in [5.41, 5.74) is 7.27. The van der Waals surface area contributed by atoms with Gasteiger partial charge in [0.05, 0.1) is 6.04 Å². The first-order valence-electron chi connectivity index (χ1n) is 6.90. The third-order valence-electron chi connectivity index (χ3n) is 3.09. The molecule has 0 saturated carbocycles. The minimum absolute atomic E-state index is 0.0365. The quantitative estimate of drug-likeness (QED) is 0.679. The molecule has 0 fully saturated rings. The fourth-order valence-corrected chi connectivity index (χ4v) is 1.88. The monoisotopic (exact) mass is 278 g/mol. The molecular formula is C15H22N2O3. The molecule has 0 aliphatic rings. The van der Waals surface area contributed by atoms with E-state index in [1.54, 1.807) is 12.1 Å². The Morgan fingerprint density at radius 1 is 1.35 bits per heavy atom. The Hall–Kier alpha value is -1.88. The van der Waals surface area contributed by atoms with E-state index < -0.39 is 12.0 Å². The molecule has 1 aromatic carbocycles. The summed E-state index contributed by atoms with van der Waals surface area (Å²) in [5, 5.41) is 11.5. The van der Waals surface area contributed by atoms with Crippen LogP contribution in [-0.4, -0.2) is 23.0 Å². The molecule has 0 radical (unpaired) electrons. The summed E-state index contributed by atoms with van der Waals surface area (Å²) in [6.07, 6.45) is 2.98. The van der Waals surface area contributed by atoms with Crippen LogP contribution < -0.4 is 11.1 Å². The molecule has 5 heteroatoms. The second-order valence-electron chi connectivity index (χ2n) is 4.79. The number of unbranched alkanes of at least 4 members (excludes halogenated alkanes) is 1. The molecule has 0 heterocycles. The van der Waals surface area contributed by atoms with E-state index in [2.05, 4.69) is 5.32 Å². The molecule has 1 atom stereocenters. The number of nitrogens with two attached hydrogens (primary N) is 1. The lowest BCUT2D eigenvalue weighted by molar-refractivity contribution is -0.136. The van der Waals surface area contributed by atoms with Crippen molar-refractivity contribution in [3.8, 4) is 0 Å². The lowest BCUT2D eigenvalue weighted by Crippen LogP contribution is -2.35. The largest absolute Gasteiger partial charge is 0.481 e. The summed E-state index contributed by atoms with van der Waals surface area (Å²) in [7, 11) is 0. The molecule has 110 valence electrons. The SMILES string of the molecule is CCCCC(N)C(=O)Nc1ccccc1CCC(=O)O. The highest BCUT2D eigenvalue weighted by molar-refractivity contribution is 5.95. The minimum atomic E-state index is -0.856. The topological polar surface area (TPSA) is 92.4 Å². The number of hydrogen-bond acceptors (Lipinski definition) is 3. The highest BCUT2D eigenvalue weighted by Crippen LogP contribution is 2.17. The van der Waals surface area contributed by atoms with Gasteiger partial charge < -0.3 is 16.2 Å². The fraction of sp³-hybridized carbons (Fsp3) is 0.467. The molecule has 20 heavy (non-hydrogen) atoms. The third kappa shape index (κ3) is 5.40. The normalized spacial score (nSPS) is 11.9. The van der Waals surface area contributed by atoms with Crippen molar-refractivity contribution in [1.82, 2.24) is 0 Å². The summed E-state index contributed by atoms with van der Waals surface area (Å²) in [6, 6.07) is 6.68. The molecule has 1 unspecified atom stereocenters. The van der Waals surface area contributed by atoms with E-state index in [0.29, 0.717) is 18.5 Å². The molecule has 0 saturated heterocycles. The van der Waals surface area contributed by atoms with Gasteiger partial charge in [-0.25, -0.2) is 0 Å². The van der Waals surface area contributed by atoms with Gasteiger partial charge in [-0.15, -0.1) is 0 Å². The molecule has 1 amide bonds. The Morgan fingerprint density at radius 3 is 2.70 bits per heavy atom. The van der Waals surface area contributed by atoms with E-state index in [0.717, 1.165) is 18.4 Å². The zero-order valence-corrected chi connectivity index (χ0v) is 11.8. The van der Waals surface area contributed by atoms with Gasteiger partial charge in [0.15, 0.2) is 0 Å². The molecule has 0 aliphatic heterocycles. The van der Waals surface area contributed by atoms with E-state index in [1.165, 1.54) is 0 Å². The summed E-state index contributed by atoms with van der Waals surface area (Å²) in [6.45, 7) is 2.05. The number of hydrogen-bond donors (Lipinski definition) is 3. The van der Waals surface area contributed by atoms with Gasteiger partial charge in [0.25, 0.3) is 0 Å². The number of carboxylic acid groups (broad SMARTS) is 1.